The minimum Gasteiger partial charge on any atom is -0.467 e. The number of hydrogen-bond donors (Lipinski definition) is 1. The van der Waals surface area contributed by atoms with Gasteiger partial charge in [0, 0.05) is 17.9 Å². The van der Waals surface area contributed by atoms with Crippen LogP contribution in [0.5, 0.6) is 5.75 Å². The minimum absolute atomic E-state index is 0.114. The molecule has 0 bridgehead atoms. The third kappa shape index (κ3) is 3.77. The molecule has 3 aromatic rings. The fourth-order valence-electron chi connectivity index (χ4n) is 2.19. The third-order valence-corrected chi connectivity index (χ3v) is 3.48. The summed E-state index contributed by atoms with van der Waals surface area (Å²) in [6.45, 7) is 1.84. The van der Waals surface area contributed by atoms with Gasteiger partial charge in [0.2, 0.25) is 0 Å². The van der Waals surface area contributed by atoms with Gasteiger partial charge >= 0.3 is 11.6 Å². The first-order chi connectivity index (χ1) is 12.1. The maximum Gasteiger partial charge on any atom is 0.349 e. The second kappa shape index (κ2) is 7.04. The summed E-state index contributed by atoms with van der Waals surface area (Å²) in [6, 6.07) is 9.47. The Morgan fingerprint density at radius 3 is 2.76 bits per heavy atom. The molecule has 2 aromatic heterocycles. The average molecular weight is 341 g/mol. The lowest BCUT2D eigenvalue weighted by Gasteiger charge is -2.06. The van der Waals surface area contributed by atoms with E-state index in [9.17, 15) is 14.4 Å². The number of ether oxygens (including phenoxy) is 1. The van der Waals surface area contributed by atoms with E-state index in [1.54, 1.807) is 31.2 Å². The lowest BCUT2D eigenvalue weighted by Crippen LogP contribution is -2.27. The lowest BCUT2D eigenvalue weighted by molar-refractivity contribution is -0.134. The topological polar surface area (TPSA) is 98.8 Å². The number of carbonyl (C=O) groups excluding carboxylic acids is 2. The number of fused-ring (bicyclic) bond motifs is 1. The van der Waals surface area contributed by atoms with Gasteiger partial charge in [-0.05, 0) is 30.3 Å². The number of rotatable bonds is 5. The van der Waals surface area contributed by atoms with Crippen LogP contribution in [0.1, 0.15) is 29.5 Å². The zero-order valence-corrected chi connectivity index (χ0v) is 13.4. The highest BCUT2D eigenvalue weighted by atomic mass is 16.5. The summed E-state index contributed by atoms with van der Waals surface area (Å²) in [7, 11) is 0. The molecule has 0 saturated heterocycles. The largest absolute Gasteiger partial charge is 0.467 e. The van der Waals surface area contributed by atoms with Gasteiger partial charge in [0.15, 0.2) is 0 Å². The summed E-state index contributed by atoms with van der Waals surface area (Å²) in [6.07, 6.45) is 1.73. The number of nitrogens with one attached hydrogen (secondary N) is 1. The fraction of sp³-hybridized carbons (Fsp3) is 0.167. The zero-order chi connectivity index (χ0) is 17.8. The smallest absolute Gasteiger partial charge is 0.349 e. The van der Waals surface area contributed by atoms with E-state index in [-0.39, 0.29) is 29.9 Å². The van der Waals surface area contributed by atoms with Crippen molar-refractivity contribution in [3.05, 3.63) is 64.4 Å². The molecule has 0 radical (unpaired) electrons. The van der Waals surface area contributed by atoms with Crippen molar-refractivity contribution in [3.8, 4) is 5.75 Å². The molecule has 128 valence electrons. The van der Waals surface area contributed by atoms with E-state index < -0.39 is 17.5 Å². The molecule has 1 N–H and O–H groups in total. The lowest BCUT2D eigenvalue weighted by atomic mass is 10.1. The highest BCUT2D eigenvalue weighted by molar-refractivity contribution is 5.96. The Kier molecular flexibility index (Phi) is 4.65. The van der Waals surface area contributed by atoms with E-state index in [2.05, 4.69) is 5.32 Å². The van der Waals surface area contributed by atoms with E-state index in [0.717, 1.165) is 0 Å². The van der Waals surface area contributed by atoms with Crippen molar-refractivity contribution >= 4 is 22.8 Å². The monoisotopic (exact) mass is 341 g/mol. The van der Waals surface area contributed by atoms with E-state index in [4.69, 9.17) is 13.6 Å². The number of esters is 1. The third-order valence-electron chi connectivity index (χ3n) is 3.48. The van der Waals surface area contributed by atoms with Crippen LogP contribution in [0.4, 0.5) is 0 Å². The summed E-state index contributed by atoms with van der Waals surface area (Å²) in [5, 5.41) is 3.13. The highest BCUT2D eigenvalue weighted by Crippen LogP contribution is 2.21. The van der Waals surface area contributed by atoms with Crippen LogP contribution in [0.15, 0.2) is 56.3 Å². The van der Waals surface area contributed by atoms with Crippen LogP contribution in [0.3, 0.4) is 0 Å². The van der Waals surface area contributed by atoms with Gasteiger partial charge in [0.1, 0.15) is 22.7 Å². The Balaban J connectivity index is 1.83. The predicted octanol–water partition coefficient (Wildman–Crippen LogP) is 2.63. The summed E-state index contributed by atoms with van der Waals surface area (Å²) >= 11 is 0. The predicted molar refractivity (Wildman–Crippen MR) is 88.3 cm³/mol. The van der Waals surface area contributed by atoms with E-state index >= 15 is 0 Å². The number of carbonyl (C=O) groups is 2. The van der Waals surface area contributed by atoms with Gasteiger partial charge in [-0.15, -0.1) is 0 Å². The molecule has 0 fully saturated rings. The first-order valence-corrected chi connectivity index (χ1v) is 7.66. The van der Waals surface area contributed by atoms with E-state index in [1.165, 1.54) is 18.4 Å². The van der Waals surface area contributed by atoms with Crippen molar-refractivity contribution in [2.75, 3.05) is 0 Å². The van der Waals surface area contributed by atoms with Crippen molar-refractivity contribution in [2.24, 2.45) is 0 Å². The summed E-state index contributed by atoms with van der Waals surface area (Å²) in [4.78, 5) is 35.6. The molecular formula is C18H15NO6. The van der Waals surface area contributed by atoms with Gasteiger partial charge in [-0.2, -0.15) is 0 Å². The average Bonchev–Trinajstić information content (AvgIpc) is 3.12. The van der Waals surface area contributed by atoms with Crippen LogP contribution in [0, 0.1) is 0 Å². The standard InChI is InChI=1S/C18H15NO6/c1-2-16(20)24-12-6-5-11-8-14(18(22)25-15(11)9-12)17(21)19-10-13-4-3-7-23-13/h3-9H,2,10H2,1H3,(H,19,21). The first kappa shape index (κ1) is 16.5. The summed E-state index contributed by atoms with van der Waals surface area (Å²) in [5.41, 5.74) is -0.658. The summed E-state index contributed by atoms with van der Waals surface area (Å²) in [5.74, 6) is -0.109. The summed E-state index contributed by atoms with van der Waals surface area (Å²) < 4.78 is 15.4. The molecule has 0 aliphatic rings. The molecule has 3 rings (SSSR count). The molecule has 0 atom stereocenters. The quantitative estimate of drug-likeness (QED) is 0.435. The number of benzene rings is 1. The van der Waals surface area contributed by atoms with Crippen LogP contribution in [0.25, 0.3) is 11.0 Å². The van der Waals surface area contributed by atoms with E-state index in [0.29, 0.717) is 11.1 Å². The number of furan rings is 1. The first-order valence-electron chi connectivity index (χ1n) is 7.66. The fourth-order valence-corrected chi connectivity index (χ4v) is 2.19. The van der Waals surface area contributed by atoms with Gasteiger partial charge in [-0.25, -0.2) is 4.79 Å². The van der Waals surface area contributed by atoms with Crippen LogP contribution < -0.4 is 15.7 Å². The van der Waals surface area contributed by atoms with Gasteiger partial charge in [0.25, 0.3) is 5.91 Å². The maximum atomic E-state index is 12.2. The zero-order valence-electron chi connectivity index (χ0n) is 13.4. The Morgan fingerprint density at radius 2 is 2.04 bits per heavy atom. The van der Waals surface area contributed by atoms with Crippen molar-refractivity contribution in [1.29, 1.82) is 0 Å². The van der Waals surface area contributed by atoms with Crippen LogP contribution in [-0.4, -0.2) is 11.9 Å². The van der Waals surface area contributed by atoms with Crippen LogP contribution in [0.2, 0.25) is 0 Å². The highest BCUT2D eigenvalue weighted by Gasteiger charge is 2.14. The Hall–Kier alpha value is -3.35. The minimum atomic E-state index is -0.775. The van der Waals surface area contributed by atoms with Crippen LogP contribution in [-0.2, 0) is 11.3 Å². The van der Waals surface area contributed by atoms with Crippen molar-refractivity contribution in [3.63, 3.8) is 0 Å². The molecule has 7 nitrogen and oxygen atoms in total. The molecule has 2 heterocycles. The van der Waals surface area contributed by atoms with Gasteiger partial charge < -0.3 is 18.9 Å². The van der Waals surface area contributed by atoms with E-state index in [1.807, 2.05) is 0 Å². The normalized spacial score (nSPS) is 10.6. The van der Waals surface area contributed by atoms with Gasteiger partial charge in [0.05, 0.1) is 12.8 Å². The molecule has 0 aliphatic carbocycles. The molecule has 1 amide bonds. The van der Waals surface area contributed by atoms with Gasteiger partial charge in [-0.3, -0.25) is 9.59 Å². The van der Waals surface area contributed by atoms with Crippen molar-refractivity contribution in [2.45, 2.75) is 19.9 Å². The molecule has 0 saturated carbocycles. The second-order valence-corrected chi connectivity index (χ2v) is 5.24. The SMILES string of the molecule is CCC(=O)Oc1ccc2cc(C(=O)NCc3ccco3)c(=O)oc2c1. The Morgan fingerprint density at radius 1 is 1.20 bits per heavy atom. The molecule has 0 unspecified atom stereocenters. The maximum absolute atomic E-state index is 12.2. The Bertz CT molecular complexity index is 971. The number of hydrogen-bond acceptors (Lipinski definition) is 6. The Labute approximate surface area is 142 Å². The van der Waals surface area contributed by atoms with Crippen molar-refractivity contribution < 1.29 is 23.2 Å². The molecule has 0 spiro atoms. The van der Waals surface area contributed by atoms with Crippen molar-refractivity contribution in [1.82, 2.24) is 5.32 Å². The molecule has 0 aliphatic heterocycles. The molecule has 1 aromatic carbocycles. The van der Waals surface area contributed by atoms with Crippen LogP contribution >= 0.6 is 0 Å². The molecular weight excluding hydrogens is 326 g/mol. The second-order valence-electron chi connectivity index (χ2n) is 5.24. The number of amides is 1. The van der Waals surface area contributed by atoms with Gasteiger partial charge in [-0.1, -0.05) is 6.92 Å². The molecule has 7 heteroatoms. The molecule has 25 heavy (non-hydrogen) atoms.